The monoisotopic (exact) mass is 479 g/mol. The van der Waals surface area contributed by atoms with Gasteiger partial charge < -0.3 is 9.88 Å². The van der Waals surface area contributed by atoms with Crippen LogP contribution in [-0.4, -0.2) is 19.7 Å². The zero-order chi connectivity index (χ0) is 21.5. The molecule has 1 saturated carbocycles. The normalized spacial score (nSPS) is 21.3. The van der Waals surface area contributed by atoms with Crippen LogP contribution >= 0.6 is 15.9 Å². The second-order valence-corrected chi connectivity index (χ2v) is 8.86. The quantitative estimate of drug-likeness (QED) is 0.537. The maximum Gasteiger partial charge on any atom is 0.418 e. The summed E-state index contributed by atoms with van der Waals surface area (Å²) in [6.45, 7) is 2.17. The van der Waals surface area contributed by atoms with Crippen molar-refractivity contribution in [3.8, 4) is 0 Å². The van der Waals surface area contributed by atoms with Crippen molar-refractivity contribution in [1.82, 2.24) is 19.7 Å². The van der Waals surface area contributed by atoms with E-state index in [2.05, 4.69) is 43.4 Å². The number of nitrogens with zero attached hydrogens (tertiary/aromatic N) is 4. The van der Waals surface area contributed by atoms with Gasteiger partial charge in [0.1, 0.15) is 12.2 Å². The molecule has 9 heteroatoms. The van der Waals surface area contributed by atoms with Gasteiger partial charge in [0, 0.05) is 23.4 Å². The van der Waals surface area contributed by atoms with Crippen molar-refractivity contribution >= 4 is 21.6 Å². The maximum atomic E-state index is 13.4. The first-order chi connectivity index (χ1) is 14.2. The molecule has 30 heavy (non-hydrogen) atoms. The van der Waals surface area contributed by atoms with Crippen LogP contribution in [0.25, 0.3) is 0 Å². The minimum absolute atomic E-state index is 0.0288. The van der Waals surface area contributed by atoms with E-state index in [0.717, 1.165) is 36.0 Å². The molecule has 1 fully saturated rings. The summed E-state index contributed by atoms with van der Waals surface area (Å²) < 4.78 is 42.3. The Labute approximate surface area is 180 Å². The lowest BCUT2D eigenvalue weighted by Crippen LogP contribution is -2.43. The van der Waals surface area contributed by atoms with Gasteiger partial charge in [0.2, 0.25) is 0 Å². The van der Waals surface area contributed by atoms with Gasteiger partial charge in [0.05, 0.1) is 23.2 Å². The molecule has 1 N–H and O–H groups in total. The number of aromatic nitrogens is 4. The molecule has 0 amide bonds. The lowest BCUT2D eigenvalue weighted by molar-refractivity contribution is -0.138. The van der Waals surface area contributed by atoms with Crippen molar-refractivity contribution in [2.75, 3.05) is 5.32 Å². The number of anilines is 1. The van der Waals surface area contributed by atoms with Crippen molar-refractivity contribution in [2.45, 2.75) is 37.9 Å². The summed E-state index contributed by atoms with van der Waals surface area (Å²) in [5.41, 5.74) is 0.809. The van der Waals surface area contributed by atoms with E-state index < -0.39 is 11.7 Å². The molecule has 2 heterocycles. The van der Waals surface area contributed by atoms with Crippen molar-refractivity contribution in [3.63, 3.8) is 0 Å². The fourth-order valence-electron chi connectivity index (χ4n) is 4.36. The van der Waals surface area contributed by atoms with E-state index in [1.807, 2.05) is 35.9 Å². The number of nitrogens with one attached hydrogen (secondary N) is 1. The van der Waals surface area contributed by atoms with Gasteiger partial charge in [0.15, 0.2) is 0 Å². The first-order valence-corrected chi connectivity index (χ1v) is 10.4. The van der Waals surface area contributed by atoms with Gasteiger partial charge in [-0.15, -0.1) is 10.2 Å². The Morgan fingerprint density at radius 1 is 1.27 bits per heavy atom. The average molecular weight is 480 g/mol. The summed E-state index contributed by atoms with van der Waals surface area (Å²) >= 11 is 3.06. The number of alkyl halides is 3. The SMILES string of the molecule is CC1CC(c2cccc(NCc3ncc(Br)cc3C(F)(F)F)c2)(c2nncn2C)C1. The molecule has 0 spiro atoms. The highest BCUT2D eigenvalue weighted by atomic mass is 79.9. The molecule has 0 radical (unpaired) electrons. The fourth-order valence-corrected chi connectivity index (χ4v) is 4.69. The van der Waals surface area contributed by atoms with Gasteiger partial charge in [-0.1, -0.05) is 19.1 Å². The van der Waals surface area contributed by atoms with Crippen molar-refractivity contribution in [3.05, 3.63) is 70.0 Å². The van der Waals surface area contributed by atoms with E-state index in [1.54, 1.807) is 6.33 Å². The van der Waals surface area contributed by atoms with Crippen LogP contribution in [0.3, 0.4) is 0 Å². The second-order valence-electron chi connectivity index (χ2n) is 7.94. The van der Waals surface area contributed by atoms with Crippen LogP contribution in [0.5, 0.6) is 0 Å². The van der Waals surface area contributed by atoms with E-state index in [4.69, 9.17) is 0 Å². The van der Waals surface area contributed by atoms with E-state index in [1.165, 1.54) is 6.20 Å². The molecule has 0 bridgehead atoms. The van der Waals surface area contributed by atoms with Crippen LogP contribution < -0.4 is 5.32 Å². The van der Waals surface area contributed by atoms with Gasteiger partial charge in [-0.2, -0.15) is 13.2 Å². The van der Waals surface area contributed by atoms with Crippen LogP contribution in [0.4, 0.5) is 18.9 Å². The molecule has 1 aliphatic rings. The molecule has 158 valence electrons. The Morgan fingerprint density at radius 2 is 2.03 bits per heavy atom. The van der Waals surface area contributed by atoms with Gasteiger partial charge in [-0.25, -0.2) is 0 Å². The Balaban J connectivity index is 1.60. The van der Waals surface area contributed by atoms with Gasteiger partial charge >= 0.3 is 6.18 Å². The van der Waals surface area contributed by atoms with Crippen molar-refractivity contribution in [1.29, 1.82) is 0 Å². The third-order valence-electron chi connectivity index (χ3n) is 5.65. The highest BCUT2D eigenvalue weighted by molar-refractivity contribution is 9.10. The van der Waals surface area contributed by atoms with Gasteiger partial charge in [-0.3, -0.25) is 4.98 Å². The Kier molecular flexibility index (Phi) is 5.34. The molecule has 1 aromatic carbocycles. The first-order valence-electron chi connectivity index (χ1n) is 9.59. The lowest BCUT2D eigenvalue weighted by Gasteiger charge is -2.46. The van der Waals surface area contributed by atoms with Crippen molar-refractivity contribution in [2.24, 2.45) is 13.0 Å². The standard InChI is InChI=1S/C21H21BrF3N5/c1-13-8-20(9-13,19-29-28-12-30(19)2)14-4-3-5-16(6-14)26-11-18-17(21(23,24)25)7-15(22)10-27-18/h3-7,10,12-13,26H,8-9,11H2,1-2H3. The van der Waals surface area contributed by atoms with E-state index in [-0.39, 0.29) is 17.7 Å². The molecule has 0 unspecified atom stereocenters. The molecule has 3 aromatic rings. The highest BCUT2D eigenvalue weighted by Gasteiger charge is 2.48. The highest BCUT2D eigenvalue weighted by Crippen LogP contribution is 2.51. The van der Waals surface area contributed by atoms with E-state index >= 15 is 0 Å². The fraction of sp³-hybridized carbons (Fsp3) is 0.381. The zero-order valence-electron chi connectivity index (χ0n) is 16.5. The third-order valence-corrected chi connectivity index (χ3v) is 6.08. The minimum atomic E-state index is -4.47. The van der Waals surface area contributed by atoms with Crippen LogP contribution in [-0.2, 0) is 25.2 Å². The minimum Gasteiger partial charge on any atom is -0.379 e. The molecule has 4 rings (SSSR count). The number of rotatable bonds is 5. The summed E-state index contributed by atoms with van der Waals surface area (Å²) in [4.78, 5) is 3.97. The zero-order valence-corrected chi connectivity index (χ0v) is 18.1. The number of halogens is 4. The maximum absolute atomic E-state index is 13.4. The predicted molar refractivity (Wildman–Crippen MR) is 111 cm³/mol. The first kappa shape index (κ1) is 20.8. The number of benzene rings is 1. The molecule has 0 atom stereocenters. The predicted octanol–water partition coefficient (Wildman–Crippen LogP) is 5.32. The molecule has 0 aliphatic heterocycles. The van der Waals surface area contributed by atoms with Gasteiger partial charge in [-0.05, 0) is 58.5 Å². The Hall–Kier alpha value is -2.42. The average Bonchev–Trinajstić information content (AvgIpc) is 3.10. The van der Waals surface area contributed by atoms with Crippen molar-refractivity contribution < 1.29 is 13.2 Å². The van der Waals surface area contributed by atoms with E-state index in [0.29, 0.717) is 10.4 Å². The number of pyridine rings is 1. The molecule has 5 nitrogen and oxygen atoms in total. The lowest BCUT2D eigenvalue weighted by atomic mass is 9.58. The largest absolute Gasteiger partial charge is 0.418 e. The molecule has 1 aliphatic carbocycles. The van der Waals surface area contributed by atoms with Gasteiger partial charge in [0.25, 0.3) is 0 Å². The molecular weight excluding hydrogens is 459 g/mol. The summed E-state index contributed by atoms with van der Waals surface area (Å²) in [6.07, 6.45) is 0.513. The van der Waals surface area contributed by atoms with Crippen LogP contribution in [0, 0.1) is 5.92 Å². The third kappa shape index (κ3) is 3.82. The smallest absolute Gasteiger partial charge is 0.379 e. The molecule has 0 saturated heterocycles. The van der Waals surface area contributed by atoms with Crippen LogP contribution in [0.15, 0.2) is 47.3 Å². The van der Waals surface area contributed by atoms with Crippen LogP contribution in [0.1, 0.15) is 42.4 Å². The summed E-state index contributed by atoms with van der Waals surface area (Å²) in [5, 5.41) is 11.5. The summed E-state index contributed by atoms with van der Waals surface area (Å²) in [7, 11) is 1.93. The number of hydrogen-bond donors (Lipinski definition) is 1. The number of aryl methyl sites for hydroxylation is 1. The Bertz CT molecular complexity index is 1060. The second kappa shape index (κ2) is 7.68. The summed E-state index contributed by atoms with van der Waals surface area (Å²) in [6, 6.07) is 8.86. The Morgan fingerprint density at radius 3 is 2.67 bits per heavy atom. The van der Waals surface area contributed by atoms with E-state index in [9.17, 15) is 13.2 Å². The number of hydrogen-bond acceptors (Lipinski definition) is 4. The summed E-state index contributed by atoms with van der Waals surface area (Å²) in [5.74, 6) is 1.48. The molecule has 2 aromatic heterocycles. The molecular formula is C21H21BrF3N5. The topological polar surface area (TPSA) is 55.6 Å². The van der Waals surface area contributed by atoms with Crippen LogP contribution in [0.2, 0.25) is 0 Å².